The molecule has 1 fully saturated rings. The maximum atomic E-state index is 13.9. The van der Waals surface area contributed by atoms with Crippen molar-refractivity contribution in [3.8, 4) is 6.07 Å². The fourth-order valence-corrected chi connectivity index (χ4v) is 5.05. The highest BCUT2D eigenvalue weighted by Gasteiger charge is 2.56. The minimum atomic E-state index is -0.975. The first-order chi connectivity index (χ1) is 16.7. The van der Waals surface area contributed by atoms with Crippen LogP contribution in [0.25, 0.3) is 0 Å². The van der Waals surface area contributed by atoms with E-state index < -0.39 is 23.4 Å². The number of hydrogen-bond acceptors (Lipinski definition) is 5. The number of likely N-dealkylation sites (tertiary alicyclic amines) is 1. The number of para-hydroxylation sites is 1. The lowest BCUT2D eigenvalue weighted by atomic mass is 9.80. The van der Waals surface area contributed by atoms with Crippen molar-refractivity contribution < 1.29 is 14.4 Å². The van der Waals surface area contributed by atoms with Crippen molar-refractivity contribution in [2.75, 3.05) is 11.9 Å². The number of benzene rings is 1. The van der Waals surface area contributed by atoms with E-state index in [1.807, 2.05) is 65.8 Å². The van der Waals surface area contributed by atoms with Crippen molar-refractivity contribution in [3.05, 3.63) is 47.8 Å². The number of aromatic nitrogens is 2. The Kier molecular flexibility index (Phi) is 6.19. The Balaban J connectivity index is 1.62. The van der Waals surface area contributed by atoms with E-state index in [1.165, 1.54) is 11.1 Å². The molecule has 0 aliphatic carbocycles. The number of nitrogens with zero attached hydrogens (tertiary/aromatic N) is 4. The summed E-state index contributed by atoms with van der Waals surface area (Å²) in [5, 5.41) is 20.0. The summed E-state index contributed by atoms with van der Waals surface area (Å²) in [7, 11) is 0. The summed E-state index contributed by atoms with van der Waals surface area (Å²) >= 11 is 0. The van der Waals surface area contributed by atoms with Gasteiger partial charge in [-0.25, -0.2) is 0 Å². The molecule has 3 heterocycles. The highest BCUT2D eigenvalue weighted by atomic mass is 16.2. The summed E-state index contributed by atoms with van der Waals surface area (Å²) in [4.78, 5) is 41.6. The van der Waals surface area contributed by atoms with E-state index in [-0.39, 0.29) is 35.7 Å². The Bertz CT molecular complexity index is 1250. The van der Waals surface area contributed by atoms with Crippen LogP contribution in [-0.4, -0.2) is 51.0 Å². The Hall–Kier alpha value is -3.67. The van der Waals surface area contributed by atoms with Crippen molar-refractivity contribution in [2.45, 2.75) is 77.4 Å². The van der Waals surface area contributed by atoms with Gasteiger partial charge in [0.25, 0.3) is 5.91 Å². The number of carbonyl (C=O) groups excluding carboxylic acids is 3. The molecule has 0 radical (unpaired) electrons. The van der Waals surface area contributed by atoms with Gasteiger partial charge in [-0.2, -0.15) is 10.4 Å². The number of nitriles is 1. The summed E-state index contributed by atoms with van der Waals surface area (Å²) in [6.45, 7) is 12.0. The molecular formula is C27H34N6O3. The largest absolute Gasteiger partial charge is 0.340 e. The second kappa shape index (κ2) is 8.77. The second-order valence-corrected chi connectivity index (χ2v) is 12.0. The third kappa shape index (κ3) is 4.60. The standard InChI is InChI=1S/C27H34N6O3/c1-25(2,3)12-21(30-22(34)17-14-29-33(15-17)26(4,5)6)23(35)32-16-27(11-18(32)13-28)19-9-7-8-10-20(19)31-24(27)36/h7-10,14-15,18,21H,11-12,16H2,1-6H3,(H,30,34)(H,31,36)/t18-,21-,27-/m0/s1. The molecule has 9 nitrogen and oxygen atoms in total. The summed E-state index contributed by atoms with van der Waals surface area (Å²) < 4.78 is 1.70. The third-order valence-corrected chi connectivity index (χ3v) is 6.87. The first-order valence-electron chi connectivity index (χ1n) is 12.2. The Labute approximate surface area is 211 Å². The SMILES string of the molecule is CC(C)(C)C[C@H](NC(=O)c1cnn(C(C)(C)C)c1)C(=O)N1C[C@]2(C[C@H]1C#N)C(=O)Nc1ccccc12. The molecule has 2 aromatic rings. The maximum absolute atomic E-state index is 13.9. The quantitative estimate of drug-likeness (QED) is 0.682. The molecule has 2 aliphatic heterocycles. The van der Waals surface area contributed by atoms with Crippen LogP contribution >= 0.6 is 0 Å². The minimum absolute atomic E-state index is 0.0887. The van der Waals surface area contributed by atoms with E-state index in [0.717, 1.165) is 5.56 Å². The minimum Gasteiger partial charge on any atom is -0.340 e. The summed E-state index contributed by atoms with van der Waals surface area (Å²) in [6, 6.07) is 7.97. The molecule has 2 N–H and O–H groups in total. The summed E-state index contributed by atoms with van der Waals surface area (Å²) in [5.74, 6) is -0.966. The molecule has 2 aliphatic rings. The number of carbonyl (C=O) groups is 3. The molecule has 1 aromatic heterocycles. The fourth-order valence-electron chi connectivity index (χ4n) is 5.05. The van der Waals surface area contributed by atoms with Crippen LogP contribution in [0.15, 0.2) is 36.7 Å². The smallest absolute Gasteiger partial charge is 0.255 e. The predicted molar refractivity (Wildman–Crippen MR) is 135 cm³/mol. The molecule has 0 unspecified atom stereocenters. The molecule has 0 saturated carbocycles. The van der Waals surface area contributed by atoms with E-state index in [1.54, 1.807) is 10.9 Å². The van der Waals surface area contributed by atoms with Crippen LogP contribution in [0.4, 0.5) is 5.69 Å². The van der Waals surface area contributed by atoms with Gasteiger partial charge >= 0.3 is 0 Å². The van der Waals surface area contributed by atoms with Gasteiger partial charge in [0.2, 0.25) is 11.8 Å². The van der Waals surface area contributed by atoms with Crippen molar-refractivity contribution in [1.29, 1.82) is 5.26 Å². The zero-order valence-corrected chi connectivity index (χ0v) is 21.8. The van der Waals surface area contributed by atoms with Crippen molar-refractivity contribution >= 4 is 23.4 Å². The fraction of sp³-hybridized carbons (Fsp3) is 0.519. The van der Waals surface area contributed by atoms with Gasteiger partial charge in [0.15, 0.2) is 0 Å². The van der Waals surface area contributed by atoms with Crippen LogP contribution in [0.2, 0.25) is 0 Å². The number of nitrogens with one attached hydrogen (secondary N) is 2. The summed E-state index contributed by atoms with van der Waals surface area (Å²) in [5.41, 5.74) is 0.328. The van der Waals surface area contributed by atoms with Gasteiger partial charge in [0, 0.05) is 24.8 Å². The first-order valence-corrected chi connectivity index (χ1v) is 12.2. The van der Waals surface area contributed by atoms with Crippen LogP contribution in [0.3, 0.4) is 0 Å². The molecule has 3 amide bonds. The lowest BCUT2D eigenvalue weighted by Gasteiger charge is -2.31. The van der Waals surface area contributed by atoms with Gasteiger partial charge < -0.3 is 15.5 Å². The van der Waals surface area contributed by atoms with E-state index in [9.17, 15) is 19.6 Å². The normalized spacial score (nSPS) is 22.2. The monoisotopic (exact) mass is 490 g/mol. The predicted octanol–water partition coefficient (Wildman–Crippen LogP) is 3.19. The van der Waals surface area contributed by atoms with Gasteiger partial charge in [-0.05, 0) is 44.2 Å². The molecule has 0 bridgehead atoms. The third-order valence-electron chi connectivity index (χ3n) is 6.87. The van der Waals surface area contributed by atoms with E-state index in [2.05, 4.69) is 21.8 Å². The molecule has 1 spiro atoms. The van der Waals surface area contributed by atoms with Crippen molar-refractivity contribution in [1.82, 2.24) is 20.0 Å². The van der Waals surface area contributed by atoms with Gasteiger partial charge in [-0.3, -0.25) is 19.1 Å². The Morgan fingerprint density at radius 2 is 1.94 bits per heavy atom. The van der Waals surface area contributed by atoms with Crippen LogP contribution in [0.5, 0.6) is 0 Å². The number of amides is 3. The zero-order valence-electron chi connectivity index (χ0n) is 21.8. The van der Waals surface area contributed by atoms with Crippen molar-refractivity contribution in [2.24, 2.45) is 5.41 Å². The lowest BCUT2D eigenvalue weighted by molar-refractivity contribution is -0.134. The topological polar surface area (TPSA) is 120 Å². The molecule has 3 atom stereocenters. The van der Waals surface area contributed by atoms with Gasteiger partial charge in [-0.15, -0.1) is 0 Å². The molecule has 1 saturated heterocycles. The lowest BCUT2D eigenvalue weighted by Crippen LogP contribution is -2.52. The highest BCUT2D eigenvalue weighted by molar-refractivity contribution is 6.07. The number of rotatable bonds is 4. The van der Waals surface area contributed by atoms with Gasteiger partial charge in [-0.1, -0.05) is 39.0 Å². The van der Waals surface area contributed by atoms with Gasteiger partial charge in [0.1, 0.15) is 12.1 Å². The van der Waals surface area contributed by atoms with Gasteiger partial charge in [0.05, 0.1) is 28.8 Å². The molecular weight excluding hydrogens is 456 g/mol. The molecule has 190 valence electrons. The average Bonchev–Trinajstić information content (AvgIpc) is 3.49. The molecule has 4 rings (SSSR count). The van der Waals surface area contributed by atoms with Crippen LogP contribution in [0, 0.1) is 16.7 Å². The van der Waals surface area contributed by atoms with Crippen LogP contribution in [-0.2, 0) is 20.5 Å². The van der Waals surface area contributed by atoms with E-state index in [0.29, 0.717) is 17.7 Å². The number of anilines is 1. The second-order valence-electron chi connectivity index (χ2n) is 12.0. The van der Waals surface area contributed by atoms with Crippen LogP contribution < -0.4 is 10.6 Å². The van der Waals surface area contributed by atoms with Crippen molar-refractivity contribution in [3.63, 3.8) is 0 Å². The first kappa shape index (κ1) is 25.4. The molecule has 1 aromatic carbocycles. The average molecular weight is 491 g/mol. The highest BCUT2D eigenvalue weighted by Crippen LogP contribution is 2.46. The number of fused-ring (bicyclic) bond motifs is 2. The Morgan fingerprint density at radius 3 is 2.56 bits per heavy atom. The van der Waals surface area contributed by atoms with E-state index in [4.69, 9.17) is 0 Å². The van der Waals surface area contributed by atoms with E-state index >= 15 is 0 Å². The molecule has 9 heteroatoms. The Morgan fingerprint density at radius 1 is 1.25 bits per heavy atom. The number of hydrogen-bond donors (Lipinski definition) is 2. The van der Waals surface area contributed by atoms with Crippen LogP contribution in [0.1, 0.15) is 70.3 Å². The maximum Gasteiger partial charge on any atom is 0.255 e. The molecule has 36 heavy (non-hydrogen) atoms. The zero-order chi connectivity index (χ0) is 26.5. The summed E-state index contributed by atoms with van der Waals surface area (Å²) in [6.07, 6.45) is 3.74.